The number of ether oxygens (including phenoxy) is 1. The Kier molecular flexibility index (Phi) is 6.60. The lowest BCUT2D eigenvalue weighted by atomic mass is 10.1. The Hall–Kier alpha value is -4.51. The summed E-state index contributed by atoms with van der Waals surface area (Å²) < 4.78 is 7.16. The van der Waals surface area contributed by atoms with Gasteiger partial charge in [-0.1, -0.05) is 48.2 Å². The van der Waals surface area contributed by atoms with E-state index in [1.54, 1.807) is 56.3 Å². The molecule has 0 amide bonds. The third-order valence-electron chi connectivity index (χ3n) is 5.07. The van der Waals surface area contributed by atoms with Gasteiger partial charge in [-0.3, -0.25) is 20.2 Å². The highest BCUT2D eigenvalue weighted by Crippen LogP contribution is 2.42. The van der Waals surface area contributed by atoms with Crippen LogP contribution in [0.5, 0.6) is 5.88 Å². The van der Waals surface area contributed by atoms with Gasteiger partial charge in [0, 0.05) is 17.7 Å². The molecule has 0 fully saturated rings. The zero-order valence-corrected chi connectivity index (χ0v) is 19.4. The van der Waals surface area contributed by atoms with Gasteiger partial charge in [-0.05, 0) is 38.1 Å². The molecule has 176 valence electrons. The summed E-state index contributed by atoms with van der Waals surface area (Å²) in [5.74, 6) is -0.778. The van der Waals surface area contributed by atoms with Crippen molar-refractivity contribution in [2.75, 3.05) is 0 Å². The fraction of sp³-hybridized carbons (Fsp3) is 0.0833. The number of aryl methyl sites for hydroxylation is 2. The number of carbonyl (C=O) groups excluding carboxylic acids is 1. The number of nitrogens with zero attached hydrogens (tertiary/aromatic N) is 4. The number of nitro groups is 2. The van der Waals surface area contributed by atoms with E-state index in [9.17, 15) is 25.0 Å². The molecule has 0 saturated carbocycles. The molecule has 11 heteroatoms. The minimum Gasteiger partial charge on any atom is -0.402 e. The van der Waals surface area contributed by atoms with Crippen molar-refractivity contribution in [3.63, 3.8) is 0 Å². The topological polar surface area (TPSA) is 130 Å². The van der Waals surface area contributed by atoms with Crippen LogP contribution in [0.15, 0.2) is 82.6 Å². The highest BCUT2D eigenvalue weighted by atomic mass is 32.2. The molecule has 0 spiro atoms. The molecule has 35 heavy (non-hydrogen) atoms. The van der Waals surface area contributed by atoms with E-state index >= 15 is 0 Å². The van der Waals surface area contributed by atoms with E-state index in [2.05, 4.69) is 5.10 Å². The van der Waals surface area contributed by atoms with Crippen LogP contribution in [0.2, 0.25) is 0 Å². The van der Waals surface area contributed by atoms with E-state index in [0.717, 1.165) is 17.8 Å². The lowest BCUT2D eigenvalue weighted by Gasteiger charge is -2.11. The number of para-hydroxylation sites is 2. The van der Waals surface area contributed by atoms with Crippen LogP contribution in [0.4, 0.5) is 11.4 Å². The van der Waals surface area contributed by atoms with Crippen LogP contribution in [0.3, 0.4) is 0 Å². The highest BCUT2D eigenvalue weighted by molar-refractivity contribution is 7.99. The molecule has 0 aliphatic rings. The van der Waals surface area contributed by atoms with Gasteiger partial charge in [0.2, 0.25) is 5.88 Å². The van der Waals surface area contributed by atoms with E-state index in [4.69, 9.17) is 4.74 Å². The molecule has 10 nitrogen and oxygen atoms in total. The van der Waals surface area contributed by atoms with Crippen LogP contribution in [0, 0.1) is 34.1 Å². The Morgan fingerprint density at radius 2 is 1.57 bits per heavy atom. The summed E-state index contributed by atoms with van der Waals surface area (Å²) in [6, 6.07) is 19.2. The van der Waals surface area contributed by atoms with Gasteiger partial charge in [0.05, 0.1) is 36.6 Å². The molecule has 0 bridgehead atoms. The van der Waals surface area contributed by atoms with Crippen LogP contribution < -0.4 is 4.74 Å². The number of esters is 1. The Morgan fingerprint density at radius 3 is 2.26 bits per heavy atom. The van der Waals surface area contributed by atoms with Gasteiger partial charge in [0.15, 0.2) is 0 Å². The summed E-state index contributed by atoms with van der Waals surface area (Å²) >= 11 is 1.05. The minimum atomic E-state index is -0.824. The van der Waals surface area contributed by atoms with Crippen molar-refractivity contribution in [1.82, 2.24) is 9.78 Å². The zero-order valence-electron chi connectivity index (χ0n) is 18.6. The molecular weight excluding hydrogens is 472 g/mol. The summed E-state index contributed by atoms with van der Waals surface area (Å²) in [5, 5.41) is 27.3. The average molecular weight is 490 g/mol. The van der Waals surface area contributed by atoms with Crippen molar-refractivity contribution < 1.29 is 19.4 Å². The number of hydrogen-bond donors (Lipinski definition) is 0. The first-order valence-corrected chi connectivity index (χ1v) is 11.1. The molecule has 1 heterocycles. The van der Waals surface area contributed by atoms with Crippen LogP contribution in [0.25, 0.3) is 5.69 Å². The predicted molar refractivity (Wildman–Crippen MR) is 128 cm³/mol. The maximum Gasteiger partial charge on any atom is 0.345 e. The van der Waals surface area contributed by atoms with Gasteiger partial charge in [0.1, 0.15) is 0 Å². The van der Waals surface area contributed by atoms with E-state index in [-0.39, 0.29) is 22.8 Å². The Balaban J connectivity index is 1.80. The first-order valence-electron chi connectivity index (χ1n) is 10.3. The second-order valence-corrected chi connectivity index (χ2v) is 8.49. The van der Waals surface area contributed by atoms with Gasteiger partial charge < -0.3 is 4.74 Å². The van der Waals surface area contributed by atoms with Gasteiger partial charge in [0.25, 0.3) is 11.4 Å². The van der Waals surface area contributed by atoms with E-state index in [1.807, 2.05) is 6.07 Å². The van der Waals surface area contributed by atoms with Gasteiger partial charge in [-0.2, -0.15) is 9.78 Å². The Labute approximate surface area is 203 Å². The molecule has 0 aliphatic heterocycles. The second-order valence-electron chi connectivity index (χ2n) is 7.44. The molecule has 0 unspecified atom stereocenters. The molecular formula is C24H18N4O6S. The molecule has 3 aromatic carbocycles. The first kappa shape index (κ1) is 23.6. The van der Waals surface area contributed by atoms with Crippen molar-refractivity contribution in [3.8, 4) is 11.6 Å². The quantitative estimate of drug-likeness (QED) is 0.184. The van der Waals surface area contributed by atoms with Crippen molar-refractivity contribution in [2.45, 2.75) is 23.6 Å². The van der Waals surface area contributed by atoms with Gasteiger partial charge >= 0.3 is 5.97 Å². The highest BCUT2D eigenvalue weighted by Gasteiger charge is 2.26. The lowest BCUT2D eigenvalue weighted by Crippen LogP contribution is -2.13. The average Bonchev–Trinajstić information content (AvgIpc) is 3.14. The molecule has 0 radical (unpaired) electrons. The van der Waals surface area contributed by atoms with Crippen LogP contribution in [-0.2, 0) is 0 Å². The monoisotopic (exact) mass is 490 g/mol. The first-order chi connectivity index (χ1) is 16.8. The summed E-state index contributed by atoms with van der Waals surface area (Å²) in [7, 11) is 0. The summed E-state index contributed by atoms with van der Waals surface area (Å²) in [6.45, 7) is 3.27. The normalized spacial score (nSPS) is 10.7. The van der Waals surface area contributed by atoms with Gasteiger partial charge in [-0.15, -0.1) is 0 Å². The fourth-order valence-corrected chi connectivity index (χ4v) is 4.34. The summed E-state index contributed by atoms with van der Waals surface area (Å²) in [5.41, 5.74) is 1.17. The van der Waals surface area contributed by atoms with E-state index < -0.39 is 15.8 Å². The van der Waals surface area contributed by atoms with Crippen LogP contribution in [0.1, 0.15) is 21.6 Å². The number of benzene rings is 3. The van der Waals surface area contributed by atoms with Crippen molar-refractivity contribution in [1.29, 1.82) is 0 Å². The van der Waals surface area contributed by atoms with Crippen LogP contribution >= 0.6 is 11.8 Å². The third kappa shape index (κ3) is 4.89. The van der Waals surface area contributed by atoms with Gasteiger partial charge in [-0.25, -0.2) is 4.79 Å². The SMILES string of the molecule is Cc1ccc(C(=O)Oc2c(Sc3ccccc3[N+](=O)[O-])c(C)nn2-c2ccccc2)cc1[N+](=O)[O-]. The smallest absolute Gasteiger partial charge is 0.345 e. The zero-order chi connectivity index (χ0) is 25.1. The number of aromatic nitrogens is 2. The maximum atomic E-state index is 13.1. The van der Waals surface area contributed by atoms with Crippen molar-refractivity contribution in [2.24, 2.45) is 0 Å². The number of carbonyl (C=O) groups is 1. The number of hydrogen-bond acceptors (Lipinski definition) is 8. The summed E-state index contributed by atoms with van der Waals surface area (Å²) in [6.07, 6.45) is 0. The summed E-state index contributed by atoms with van der Waals surface area (Å²) in [4.78, 5) is 35.6. The molecule has 0 aliphatic carbocycles. The molecule has 0 atom stereocenters. The standard InChI is InChI=1S/C24H18N4O6S/c1-15-12-13-17(14-20(15)28(32)33)24(29)34-23-22(35-21-11-7-6-10-19(21)27(30)31)16(2)25-26(23)18-8-4-3-5-9-18/h3-14H,1-2H3. The molecule has 0 N–H and O–H groups in total. The second kappa shape index (κ2) is 9.77. The number of rotatable bonds is 7. The third-order valence-corrected chi connectivity index (χ3v) is 6.31. The van der Waals surface area contributed by atoms with Crippen molar-refractivity contribution >= 4 is 29.1 Å². The van der Waals surface area contributed by atoms with E-state index in [0.29, 0.717) is 26.7 Å². The van der Waals surface area contributed by atoms with E-state index in [1.165, 1.54) is 22.9 Å². The molecule has 0 saturated heterocycles. The fourth-order valence-electron chi connectivity index (χ4n) is 3.33. The minimum absolute atomic E-state index is 0.0117. The Bertz CT molecular complexity index is 1450. The Morgan fingerprint density at radius 1 is 0.914 bits per heavy atom. The molecule has 4 rings (SSSR count). The predicted octanol–water partition coefficient (Wildman–Crippen LogP) is 5.68. The largest absolute Gasteiger partial charge is 0.402 e. The molecule has 4 aromatic rings. The maximum absolute atomic E-state index is 13.1. The lowest BCUT2D eigenvalue weighted by molar-refractivity contribution is -0.387. The van der Waals surface area contributed by atoms with Crippen molar-refractivity contribution in [3.05, 3.63) is 110 Å². The molecule has 1 aromatic heterocycles. The number of nitro benzene ring substituents is 2. The van der Waals surface area contributed by atoms with Crippen LogP contribution in [-0.4, -0.2) is 25.6 Å².